The van der Waals surface area contributed by atoms with Crippen molar-refractivity contribution in [3.63, 3.8) is 0 Å². The molecule has 2 N–H and O–H groups in total. The molecule has 2 aromatic rings. The minimum Gasteiger partial charge on any atom is -0.504 e. The zero-order valence-corrected chi connectivity index (χ0v) is 12.5. The van der Waals surface area contributed by atoms with Crippen molar-refractivity contribution in [3.05, 3.63) is 35.6 Å². The van der Waals surface area contributed by atoms with E-state index in [4.69, 9.17) is 11.6 Å². The van der Waals surface area contributed by atoms with Crippen LogP contribution in [0.1, 0.15) is 19.9 Å². The van der Waals surface area contributed by atoms with Gasteiger partial charge in [0.25, 0.3) is 10.0 Å². The van der Waals surface area contributed by atoms with Gasteiger partial charge in [0, 0.05) is 12.2 Å². The molecule has 0 saturated carbocycles. The first-order chi connectivity index (χ1) is 9.31. The predicted molar refractivity (Wildman–Crippen MR) is 76.5 cm³/mol. The van der Waals surface area contributed by atoms with Crippen molar-refractivity contribution in [2.45, 2.75) is 24.8 Å². The quantitative estimate of drug-likeness (QED) is 0.849. The number of halogens is 1. The van der Waals surface area contributed by atoms with Crippen LogP contribution in [-0.2, 0) is 10.0 Å². The third-order valence-corrected chi connectivity index (χ3v) is 4.27. The van der Waals surface area contributed by atoms with E-state index >= 15 is 0 Å². The molecule has 0 amide bonds. The molecule has 108 valence electrons. The molecule has 0 unspecified atom stereocenters. The van der Waals surface area contributed by atoms with E-state index in [9.17, 15) is 13.5 Å². The van der Waals surface area contributed by atoms with Crippen LogP contribution >= 0.6 is 11.6 Å². The normalized spacial score (nSPS) is 11.8. The van der Waals surface area contributed by atoms with Crippen LogP contribution in [-0.4, -0.2) is 23.3 Å². The van der Waals surface area contributed by atoms with Crippen LogP contribution in [0.2, 0.25) is 5.02 Å². The van der Waals surface area contributed by atoms with Gasteiger partial charge < -0.3 is 5.11 Å². The average molecular weight is 316 g/mol. The Morgan fingerprint density at radius 2 is 2.10 bits per heavy atom. The summed E-state index contributed by atoms with van der Waals surface area (Å²) in [6.07, 6.45) is 2.68. The van der Waals surface area contributed by atoms with E-state index in [0.717, 1.165) is 0 Å². The summed E-state index contributed by atoms with van der Waals surface area (Å²) in [7, 11) is -3.82. The Hall–Kier alpha value is -1.73. The first-order valence-corrected chi connectivity index (χ1v) is 7.72. The summed E-state index contributed by atoms with van der Waals surface area (Å²) in [4.78, 5) is 0.0191. The molecule has 0 atom stereocenters. The van der Waals surface area contributed by atoms with Crippen molar-refractivity contribution in [1.29, 1.82) is 0 Å². The fourth-order valence-corrected chi connectivity index (χ4v) is 2.72. The number of nitrogens with zero attached hydrogens (tertiary/aromatic N) is 2. The summed E-state index contributed by atoms with van der Waals surface area (Å²) < 4.78 is 28.2. The molecule has 2 rings (SSSR count). The fourth-order valence-electron chi connectivity index (χ4n) is 1.54. The highest BCUT2D eigenvalue weighted by Crippen LogP contribution is 2.32. The first kappa shape index (κ1) is 14.7. The lowest BCUT2D eigenvalue weighted by atomic mass is 10.3. The molecule has 0 aliphatic rings. The largest absolute Gasteiger partial charge is 0.504 e. The van der Waals surface area contributed by atoms with Gasteiger partial charge >= 0.3 is 0 Å². The number of nitrogens with one attached hydrogen (secondary N) is 1. The highest BCUT2D eigenvalue weighted by Gasteiger charge is 2.19. The number of para-hydroxylation sites is 1. The smallest absolute Gasteiger partial charge is 0.265 e. The number of phenolic OH excluding ortho intramolecular Hbond substituents is 1. The molecule has 0 bridgehead atoms. The molecule has 0 aliphatic heterocycles. The van der Waals surface area contributed by atoms with Crippen LogP contribution in [0.25, 0.3) is 0 Å². The van der Waals surface area contributed by atoms with E-state index in [-0.39, 0.29) is 27.4 Å². The summed E-state index contributed by atoms with van der Waals surface area (Å²) in [5.74, 6) is -0.311. The zero-order valence-electron chi connectivity index (χ0n) is 10.9. The van der Waals surface area contributed by atoms with Gasteiger partial charge in [-0.25, -0.2) is 8.42 Å². The lowest BCUT2D eigenvalue weighted by Gasteiger charge is -2.09. The van der Waals surface area contributed by atoms with Crippen LogP contribution in [0.4, 0.5) is 5.69 Å². The summed E-state index contributed by atoms with van der Waals surface area (Å²) in [5, 5.41) is 13.8. The zero-order chi connectivity index (χ0) is 14.9. The third kappa shape index (κ3) is 2.88. The SMILES string of the molecule is CC(C)n1cc(S(=O)(=O)Nc2cccc(Cl)c2O)cn1. The van der Waals surface area contributed by atoms with E-state index in [1.54, 1.807) is 0 Å². The molecule has 0 saturated heterocycles. The number of hydrogen-bond donors (Lipinski definition) is 2. The van der Waals surface area contributed by atoms with E-state index in [0.29, 0.717) is 0 Å². The van der Waals surface area contributed by atoms with Gasteiger partial charge in [-0.3, -0.25) is 9.40 Å². The lowest BCUT2D eigenvalue weighted by Crippen LogP contribution is -2.12. The standard InChI is InChI=1S/C12H14ClN3O3S/c1-8(2)16-7-9(6-14-16)20(18,19)15-11-5-3-4-10(13)12(11)17/h3-8,15,17H,1-2H3. The maximum Gasteiger partial charge on any atom is 0.265 e. The molecule has 6 nitrogen and oxygen atoms in total. The molecular formula is C12H14ClN3O3S. The highest BCUT2D eigenvalue weighted by atomic mass is 35.5. The van der Waals surface area contributed by atoms with Gasteiger partial charge in [-0.05, 0) is 26.0 Å². The third-order valence-electron chi connectivity index (χ3n) is 2.65. The summed E-state index contributed by atoms with van der Waals surface area (Å²) in [6, 6.07) is 4.48. The van der Waals surface area contributed by atoms with Gasteiger partial charge in [0.1, 0.15) is 4.90 Å². The fraction of sp³-hybridized carbons (Fsp3) is 0.250. The van der Waals surface area contributed by atoms with Gasteiger partial charge in [0.05, 0.1) is 16.9 Å². The van der Waals surface area contributed by atoms with Crippen LogP contribution in [0, 0.1) is 0 Å². The second-order valence-corrected chi connectivity index (χ2v) is 6.58. The van der Waals surface area contributed by atoms with Crippen molar-refractivity contribution in [3.8, 4) is 5.75 Å². The second kappa shape index (κ2) is 5.34. The Morgan fingerprint density at radius 3 is 2.70 bits per heavy atom. The topological polar surface area (TPSA) is 84.2 Å². The number of aromatic hydroxyl groups is 1. The van der Waals surface area contributed by atoms with E-state index in [1.807, 2.05) is 13.8 Å². The maximum atomic E-state index is 12.2. The van der Waals surface area contributed by atoms with Crippen molar-refractivity contribution in [2.75, 3.05) is 4.72 Å². The van der Waals surface area contributed by atoms with Crippen LogP contribution in [0.15, 0.2) is 35.5 Å². The van der Waals surface area contributed by atoms with Crippen molar-refractivity contribution < 1.29 is 13.5 Å². The maximum absolute atomic E-state index is 12.2. The molecular weight excluding hydrogens is 302 g/mol. The number of sulfonamides is 1. The molecule has 0 spiro atoms. The summed E-state index contributed by atoms with van der Waals surface area (Å²) in [6.45, 7) is 3.78. The van der Waals surface area contributed by atoms with E-state index < -0.39 is 10.0 Å². The van der Waals surface area contributed by atoms with Gasteiger partial charge in [-0.15, -0.1) is 0 Å². The second-order valence-electron chi connectivity index (χ2n) is 4.49. The van der Waals surface area contributed by atoms with Gasteiger partial charge in [0.15, 0.2) is 5.75 Å². The van der Waals surface area contributed by atoms with E-state index in [2.05, 4.69) is 9.82 Å². The Bertz CT molecular complexity index is 725. The van der Waals surface area contributed by atoms with E-state index in [1.165, 1.54) is 35.3 Å². The minimum atomic E-state index is -3.82. The first-order valence-electron chi connectivity index (χ1n) is 5.85. The highest BCUT2D eigenvalue weighted by molar-refractivity contribution is 7.92. The van der Waals surface area contributed by atoms with Crippen molar-refractivity contribution in [1.82, 2.24) is 9.78 Å². The van der Waals surface area contributed by atoms with Gasteiger partial charge in [0.2, 0.25) is 0 Å². The van der Waals surface area contributed by atoms with Crippen LogP contribution in [0.5, 0.6) is 5.75 Å². The number of aromatic nitrogens is 2. The Kier molecular flexibility index (Phi) is 3.92. The number of rotatable bonds is 4. The summed E-state index contributed by atoms with van der Waals surface area (Å²) in [5.41, 5.74) is 0.0230. The average Bonchev–Trinajstić information content (AvgIpc) is 2.85. The number of phenols is 1. The van der Waals surface area contributed by atoms with Crippen molar-refractivity contribution in [2.24, 2.45) is 0 Å². The molecule has 20 heavy (non-hydrogen) atoms. The minimum absolute atomic E-state index is 0.0191. The molecule has 1 aromatic carbocycles. The number of benzene rings is 1. The van der Waals surface area contributed by atoms with Crippen LogP contribution in [0.3, 0.4) is 0 Å². The van der Waals surface area contributed by atoms with Crippen molar-refractivity contribution >= 4 is 27.3 Å². The van der Waals surface area contributed by atoms with Crippen LogP contribution < -0.4 is 4.72 Å². The lowest BCUT2D eigenvalue weighted by molar-refractivity contribution is 0.478. The predicted octanol–water partition coefficient (Wildman–Crippen LogP) is 2.62. The monoisotopic (exact) mass is 315 g/mol. The molecule has 0 aliphatic carbocycles. The molecule has 1 heterocycles. The number of hydrogen-bond acceptors (Lipinski definition) is 4. The Labute approximate surface area is 122 Å². The Morgan fingerprint density at radius 1 is 1.40 bits per heavy atom. The van der Waals surface area contributed by atoms with Gasteiger partial charge in [-0.1, -0.05) is 17.7 Å². The molecule has 0 fully saturated rings. The summed E-state index contributed by atoms with van der Waals surface area (Å²) >= 11 is 5.73. The van der Waals surface area contributed by atoms with Gasteiger partial charge in [-0.2, -0.15) is 5.10 Å². The Balaban J connectivity index is 2.33. The molecule has 0 radical (unpaired) electrons. The molecule has 1 aromatic heterocycles. The molecule has 8 heteroatoms. The number of anilines is 1.